The van der Waals surface area contributed by atoms with Gasteiger partial charge in [0.05, 0.1) is 32.4 Å². The summed E-state index contributed by atoms with van der Waals surface area (Å²) in [4.78, 5) is 49.3. The van der Waals surface area contributed by atoms with E-state index >= 15 is 0 Å². The maximum absolute atomic E-state index is 12.4. The quantitative estimate of drug-likeness (QED) is 0.581. The van der Waals surface area contributed by atoms with Crippen molar-refractivity contribution < 1.29 is 33.4 Å². The van der Waals surface area contributed by atoms with Crippen molar-refractivity contribution in [2.45, 2.75) is 13.3 Å². The smallest absolute Gasteiger partial charge is 0.311 e. The van der Waals surface area contributed by atoms with Crippen LogP contribution in [0.5, 0.6) is 11.5 Å². The molecule has 1 heterocycles. The number of esters is 1. The number of rotatable bonds is 8. The predicted octanol–water partition coefficient (Wildman–Crippen LogP) is 1.69. The minimum atomic E-state index is -0.797. The van der Waals surface area contributed by atoms with E-state index < -0.39 is 36.2 Å². The largest absolute Gasteiger partial charge is 0.497 e. The third-order valence-corrected chi connectivity index (χ3v) is 5.11. The summed E-state index contributed by atoms with van der Waals surface area (Å²) in [5.74, 6) is -2.01. The molecule has 0 saturated carbocycles. The Labute approximate surface area is 190 Å². The first kappa shape index (κ1) is 23.6. The third kappa shape index (κ3) is 5.79. The number of ether oxygens (including phenoxy) is 3. The number of nitrogens with one attached hydrogen (secondary N) is 2. The Morgan fingerprint density at radius 2 is 1.85 bits per heavy atom. The van der Waals surface area contributed by atoms with Crippen molar-refractivity contribution in [3.8, 4) is 11.5 Å². The fourth-order valence-electron chi connectivity index (χ4n) is 3.34. The molecule has 3 amide bonds. The van der Waals surface area contributed by atoms with Crippen LogP contribution < -0.4 is 20.2 Å². The average molecular weight is 455 g/mol. The van der Waals surface area contributed by atoms with Gasteiger partial charge in [0, 0.05) is 18.1 Å². The van der Waals surface area contributed by atoms with Crippen molar-refractivity contribution in [1.82, 2.24) is 10.4 Å². The number of nitrogens with zero attached hydrogens (tertiary/aromatic N) is 1. The summed E-state index contributed by atoms with van der Waals surface area (Å²) in [5.41, 5.74) is 4.08. The standard InChI is InChI=1S/C23H25N3O7/c1-14-6-4-5-7-17(14)22(29)25-26-12-15(10-21(26)28)23(30)33-13-20(27)24-18-11-16(31-2)8-9-19(18)32-3/h4-9,11,15H,10,12-13H2,1-3H3,(H,24,27)(H,25,29)/t15-/m0/s1. The molecule has 1 saturated heterocycles. The molecule has 0 aromatic heterocycles. The van der Waals surface area contributed by atoms with Crippen LogP contribution in [0.25, 0.3) is 0 Å². The number of anilines is 1. The van der Waals surface area contributed by atoms with Crippen LogP contribution in [-0.2, 0) is 19.1 Å². The average Bonchev–Trinajstić information content (AvgIpc) is 3.17. The van der Waals surface area contributed by atoms with Gasteiger partial charge in [0.1, 0.15) is 11.5 Å². The molecule has 2 N–H and O–H groups in total. The summed E-state index contributed by atoms with van der Waals surface area (Å²) in [6.07, 6.45) is -0.127. The topological polar surface area (TPSA) is 123 Å². The van der Waals surface area contributed by atoms with Gasteiger partial charge in [-0.1, -0.05) is 18.2 Å². The molecule has 10 heteroatoms. The molecule has 2 aromatic rings. The van der Waals surface area contributed by atoms with Crippen LogP contribution in [0.15, 0.2) is 42.5 Å². The van der Waals surface area contributed by atoms with Crippen molar-refractivity contribution in [2.75, 3.05) is 32.7 Å². The van der Waals surface area contributed by atoms with Crippen molar-refractivity contribution in [1.29, 1.82) is 0 Å². The second-order valence-corrected chi connectivity index (χ2v) is 7.38. The maximum atomic E-state index is 12.4. The van der Waals surface area contributed by atoms with Crippen LogP contribution in [-0.4, -0.2) is 56.1 Å². The van der Waals surface area contributed by atoms with Gasteiger partial charge in [-0.25, -0.2) is 0 Å². The van der Waals surface area contributed by atoms with E-state index in [1.807, 2.05) is 0 Å². The van der Waals surface area contributed by atoms with E-state index in [0.717, 1.165) is 10.6 Å². The SMILES string of the molecule is COc1ccc(OC)c(NC(=O)COC(=O)[C@H]2CC(=O)N(NC(=O)c3ccccc3C)C2)c1. The molecule has 174 valence electrons. The lowest BCUT2D eigenvalue weighted by Crippen LogP contribution is -2.43. The Morgan fingerprint density at radius 3 is 2.55 bits per heavy atom. The van der Waals surface area contributed by atoms with Crippen LogP contribution in [0.4, 0.5) is 5.69 Å². The molecule has 1 atom stereocenters. The molecular formula is C23H25N3O7. The second-order valence-electron chi connectivity index (χ2n) is 7.38. The number of hydrogen-bond acceptors (Lipinski definition) is 7. The Bertz CT molecular complexity index is 1070. The fraction of sp³-hybridized carbons (Fsp3) is 0.304. The van der Waals surface area contributed by atoms with Crippen molar-refractivity contribution in [3.63, 3.8) is 0 Å². The zero-order chi connectivity index (χ0) is 24.0. The molecule has 1 fully saturated rings. The van der Waals surface area contributed by atoms with Gasteiger partial charge in [-0.15, -0.1) is 0 Å². The first-order valence-corrected chi connectivity index (χ1v) is 10.2. The van der Waals surface area contributed by atoms with Crippen molar-refractivity contribution in [3.05, 3.63) is 53.6 Å². The van der Waals surface area contributed by atoms with Gasteiger partial charge in [-0.05, 0) is 30.7 Å². The number of benzene rings is 2. The van der Waals surface area contributed by atoms with E-state index in [2.05, 4.69) is 10.7 Å². The highest BCUT2D eigenvalue weighted by molar-refractivity contribution is 5.98. The maximum Gasteiger partial charge on any atom is 0.311 e. The number of carbonyl (C=O) groups is 4. The Hall–Kier alpha value is -4.08. The van der Waals surface area contributed by atoms with Crippen molar-refractivity contribution >= 4 is 29.4 Å². The summed E-state index contributed by atoms with van der Waals surface area (Å²) in [6, 6.07) is 11.8. The monoisotopic (exact) mass is 455 g/mol. The van der Waals surface area contributed by atoms with Gasteiger partial charge in [-0.3, -0.25) is 29.6 Å². The van der Waals surface area contributed by atoms with Crippen LogP contribution in [0.1, 0.15) is 22.3 Å². The van der Waals surface area contributed by atoms with Gasteiger partial charge in [-0.2, -0.15) is 0 Å². The summed E-state index contributed by atoms with van der Waals surface area (Å²) in [7, 11) is 2.95. The van der Waals surface area contributed by atoms with Gasteiger partial charge in [0.2, 0.25) is 5.91 Å². The highest BCUT2D eigenvalue weighted by Gasteiger charge is 2.36. The number of hydrogen-bond donors (Lipinski definition) is 2. The van der Waals surface area contributed by atoms with Gasteiger partial charge < -0.3 is 19.5 Å². The molecule has 2 aromatic carbocycles. The molecule has 0 unspecified atom stereocenters. The van der Waals surface area contributed by atoms with E-state index in [-0.39, 0.29) is 13.0 Å². The van der Waals surface area contributed by atoms with Gasteiger partial charge in [0.25, 0.3) is 11.8 Å². The Morgan fingerprint density at radius 1 is 1.09 bits per heavy atom. The summed E-state index contributed by atoms with van der Waals surface area (Å²) < 4.78 is 15.4. The summed E-state index contributed by atoms with van der Waals surface area (Å²) in [6.45, 7) is 1.20. The fourth-order valence-corrected chi connectivity index (χ4v) is 3.34. The Balaban J connectivity index is 1.52. The van der Waals surface area contributed by atoms with E-state index in [9.17, 15) is 19.2 Å². The van der Waals surface area contributed by atoms with Crippen molar-refractivity contribution in [2.24, 2.45) is 5.92 Å². The molecule has 0 radical (unpaired) electrons. The first-order valence-electron chi connectivity index (χ1n) is 10.2. The van der Waals surface area contributed by atoms with Crippen LogP contribution in [0, 0.1) is 12.8 Å². The number of amides is 3. The first-order chi connectivity index (χ1) is 15.8. The summed E-state index contributed by atoms with van der Waals surface area (Å²) in [5, 5.41) is 3.69. The highest BCUT2D eigenvalue weighted by atomic mass is 16.5. The number of carbonyl (C=O) groups excluding carboxylic acids is 4. The van der Waals surface area contributed by atoms with Crippen LogP contribution in [0.2, 0.25) is 0 Å². The van der Waals surface area contributed by atoms with Crippen LogP contribution in [0.3, 0.4) is 0 Å². The third-order valence-electron chi connectivity index (χ3n) is 5.11. The lowest BCUT2D eigenvalue weighted by atomic mass is 10.1. The molecule has 0 spiro atoms. The molecule has 10 nitrogen and oxygen atoms in total. The minimum absolute atomic E-state index is 0.0411. The molecular weight excluding hydrogens is 430 g/mol. The zero-order valence-corrected chi connectivity index (χ0v) is 18.5. The zero-order valence-electron chi connectivity index (χ0n) is 18.5. The normalized spacial score (nSPS) is 15.1. The molecule has 3 rings (SSSR count). The van der Waals surface area contributed by atoms with E-state index in [1.54, 1.807) is 49.4 Å². The van der Waals surface area contributed by atoms with E-state index in [1.165, 1.54) is 14.2 Å². The molecule has 33 heavy (non-hydrogen) atoms. The highest BCUT2D eigenvalue weighted by Crippen LogP contribution is 2.28. The lowest BCUT2D eigenvalue weighted by molar-refractivity contribution is -0.151. The molecule has 1 aliphatic rings. The lowest BCUT2D eigenvalue weighted by Gasteiger charge is -2.18. The Kier molecular flexibility index (Phi) is 7.50. The molecule has 0 bridgehead atoms. The molecule has 0 aliphatic carbocycles. The van der Waals surface area contributed by atoms with Gasteiger partial charge >= 0.3 is 5.97 Å². The minimum Gasteiger partial charge on any atom is -0.497 e. The second kappa shape index (κ2) is 10.5. The van der Waals surface area contributed by atoms with Gasteiger partial charge in [0.15, 0.2) is 6.61 Å². The van der Waals surface area contributed by atoms with E-state index in [4.69, 9.17) is 14.2 Å². The van der Waals surface area contributed by atoms with Crippen LogP contribution >= 0.6 is 0 Å². The number of methoxy groups -OCH3 is 2. The predicted molar refractivity (Wildman–Crippen MR) is 118 cm³/mol. The van der Waals surface area contributed by atoms with E-state index in [0.29, 0.717) is 22.7 Å². The molecule has 1 aliphatic heterocycles. The summed E-state index contributed by atoms with van der Waals surface area (Å²) >= 11 is 0. The number of hydrazine groups is 1. The number of aryl methyl sites for hydroxylation is 1.